The molecular weight excluding hydrogens is 380 g/mol. The Morgan fingerprint density at radius 1 is 1.17 bits per heavy atom. The summed E-state index contributed by atoms with van der Waals surface area (Å²) < 4.78 is 5.15. The van der Waals surface area contributed by atoms with Crippen molar-refractivity contribution in [3.63, 3.8) is 0 Å². The third kappa shape index (κ3) is 5.50. The van der Waals surface area contributed by atoms with Crippen molar-refractivity contribution in [2.45, 2.75) is 13.3 Å². The molecule has 0 amide bonds. The Morgan fingerprint density at radius 3 is 2.55 bits per heavy atom. The van der Waals surface area contributed by atoms with E-state index in [1.54, 1.807) is 30.7 Å². The molecule has 144 valence electrons. The Hall–Kier alpha value is -3.49. The Kier molecular flexibility index (Phi) is 6.72. The SMILES string of the molecule is C=C(C)C(=O)OCCc1ccc(-c2ccc(/C(C#N)=C\c3ccncc3)cc2)s1. The van der Waals surface area contributed by atoms with Gasteiger partial charge in [0.05, 0.1) is 18.2 Å². The van der Waals surface area contributed by atoms with Crippen LogP contribution in [-0.2, 0) is 16.0 Å². The van der Waals surface area contributed by atoms with E-state index in [0.29, 0.717) is 24.2 Å². The molecule has 2 aromatic heterocycles. The average molecular weight is 401 g/mol. The summed E-state index contributed by atoms with van der Waals surface area (Å²) in [4.78, 5) is 17.7. The van der Waals surface area contributed by atoms with Crippen LogP contribution in [-0.4, -0.2) is 17.6 Å². The van der Waals surface area contributed by atoms with E-state index in [1.807, 2.05) is 48.5 Å². The smallest absolute Gasteiger partial charge is 0.333 e. The van der Waals surface area contributed by atoms with Crippen LogP contribution in [0, 0.1) is 11.3 Å². The molecule has 4 nitrogen and oxygen atoms in total. The molecular formula is C24H20N2O2S. The molecule has 0 N–H and O–H groups in total. The Morgan fingerprint density at radius 2 is 1.90 bits per heavy atom. The molecule has 0 bridgehead atoms. The molecule has 0 fully saturated rings. The second kappa shape index (κ2) is 9.63. The van der Waals surface area contributed by atoms with Gasteiger partial charge in [-0.3, -0.25) is 4.98 Å². The summed E-state index contributed by atoms with van der Waals surface area (Å²) in [6, 6.07) is 18.1. The summed E-state index contributed by atoms with van der Waals surface area (Å²) >= 11 is 1.67. The standard InChI is InChI=1S/C24H20N2O2S/c1-17(2)24(27)28-14-11-22-7-8-23(29-22)20-5-3-19(4-6-20)21(16-25)15-18-9-12-26-13-10-18/h3-10,12-13,15H,1,11,14H2,2H3/b21-15-. The highest BCUT2D eigenvalue weighted by Gasteiger charge is 2.07. The first-order valence-electron chi connectivity index (χ1n) is 9.11. The molecule has 0 radical (unpaired) electrons. The molecule has 0 aliphatic heterocycles. The fourth-order valence-corrected chi connectivity index (χ4v) is 3.65. The number of carbonyl (C=O) groups is 1. The summed E-state index contributed by atoms with van der Waals surface area (Å²) in [5.41, 5.74) is 3.91. The molecule has 0 saturated carbocycles. The second-order valence-corrected chi connectivity index (χ2v) is 7.63. The van der Waals surface area contributed by atoms with Gasteiger partial charge in [0.2, 0.25) is 0 Å². The van der Waals surface area contributed by atoms with Gasteiger partial charge in [0.1, 0.15) is 0 Å². The third-order valence-electron chi connectivity index (χ3n) is 4.21. The maximum absolute atomic E-state index is 11.4. The third-order valence-corrected chi connectivity index (χ3v) is 5.40. The monoisotopic (exact) mass is 400 g/mol. The van der Waals surface area contributed by atoms with Gasteiger partial charge in [-0.2, -0.15) is 5.26 Å². The van der Waals surface area contributed by atoms with Gasteiger partial charge in [0, 0.05) is 34.1 Å². The van der Waals surface area contributed by atoms with E-state index in [4.69, 9.17) is 4.74 Å². The van der Waals surface area contributed by atoms with Crippen molar-refractivity contribution in [2.75, 3.05) is 6.61 Å². The van der Waals surface area contributed by atoms with Gasteiger partial charge in [-0.1, -0.05) is 30.8 Å². The highest BCUT2D eigenvalue weighted by Crippen LogP contribution is 2.30. The predicted molar refractivity (Wildman–Crippen MR) is 117 cm³/mol. The number of hydrogen-bond donors (Lipinski definition) is 0. The topological polar surface area (TPSA) is 63.0 Å². The molecule has 3 rings (SSSR count). The summed E-state index contributed by atoms with van der Waals surface area (Å²) in [5.74, 6) is -0.356. The zero-order chi connectivity index (χ0) is 20.6. The molecule has 0 saturated heterocycles. The molecule has 2 heterocycles. The van der Waals surface area contributed by atoms with E-state index in [1.165, 1.54) is 0 Å². The van der Waals surface area contributed by atoms with Gasteiger partial charge < -0.3 is 4.74 Å². The lowest BCUT2D eigenvalue weighted by Gasteiger charge is -2.03. The van der Waals surface area contributed by atoms with Gasteiger partial charge in [-0.15, -0.1) is 11.3 Å². The molecule has 0 aliphatic rings. The largest absolute Gasteiger partial charge is 0.462 e. The number of pyridine rings is 1. The fraction of sp³-hybridized carbons (Fsp3) is 0.125. The van der Waals surface area contributed by atoms with Crippen LogP contribution in [0.2, 0.25) is 0 Å². The van der Waals surface area contributed by atoms with Crippen molar-refractivity contribution in [1.29, 1.82) is 5.26 Å². The minimum atomic E-state index is -0.356. The number of thiophene rings is 1. The summed E-state index contributed by atoms with van der Waals surface area (Å²) in [7, 11) is 0. The van der Waals surface area contributed by atoms with E-state index in [0.717, 1.165) is 26.4 Å². The Labute approximate surface area is 174 Å². The normalized spacial score (nSPS) is 11.0. The minimum Gasteiger partial charge on any atom is -0.462 e. The molecule has 3 aromatic rings. The number of rotatable bonds is 7. The van der Waals surface area contributed by atoms with E-state index >= 15 is 0 Å². The maximum Gasteiger partial charge on any atom is 0.333 e. The van der Waals surface area contributed by atoms with Gasteiger partial charge in [0.15, 0.2) is 0 Å². The zero-order valence-electron chi connectivity index (χ0n) is 16.1. The van der Waals surface area contributed by atoms with Crippen molar-refractivity contribution in [1.82, 2.24) is 4.98 Å². The van der Waals surface area contributed by atoms with E-state index in [2.05, 4.69) is 23.7 Å². The fourth-order valence-electron chi connectivity index (χ4n) is 2.66. The van der Waals surface area contributed by atoms with Crippen LogP contribution in [0.4, 0.5) is 0 Å². The number of benzene rings is 1. The lowest BCUT2D eigenvalue weighted by atomic mass is 10.0. The van der Waals surface area contributed by atoms with Crippen molar-refractivity contribution in [2.24, 2.45) is 0 Å². The van der Waals surface area contributed by atoms with Crippen LogP contribution >= 0.6 is 11.3 Å². The zero-order valence-corrected chi connectivity index (χ0v) is 16.9. The first-order chi connectivity index (χ1) is 14.1. The number of carbonyl (C=O) groups excluding carboxylic acids is 1. The predicted octanol–water partition coefficient (Wildman–Crippen LogP) is 5.54. The van der Waals surface area contributed by atoms with Crippen molar-refractivity contribution >= 4 is 29.0 Å². The van der Waals surface area contributed by atoms with Crippen LogP contribution < -0.4 is 0 Å². The summed E-state index contributed by atoms with van der Waals surface area (Å²) in [5, 5.41) is 9.51. The van der Waals surface area contributed by atoms with E-state index < -0.39 is 0 Å². The number of nitriles is 1. The summed E-state index contributed by atoms with van der Waals surface area (Å²) in [6.45, 7) is 5.56. The van der Waals surface area contributed by atoms with E-state index in [-0.39, 0.29) is 5.97 Å². The van der Waals surface area contributed by atoms with Crippen LogP contribution in [0.15, 0.2) is 73.1 Å². The maximum atomic E-state index is 11.4. The lowest BCUT2D eigenvalue weighted by molar-refractivity contribution is -0.138. The van der Waals surface area contributed by atoms with Crippen molar-refractivity contribution in [3.05, 3.63) is 89.1 Å². The first kappa shape index (κ1) is 20.2. The van der Waals surface area contributed by atoms with Crippen LogP contribution in [0.5, 0.6) is 0 Å². The van der Waals surface area contributed by atoms with Gasteiger partial charge >= 0.3 is 5.97 Å². The van der Waals surface area contributed by atoms with Crippen molar-refractivity contribution < 1.29 is 9.53 Å². The second-order valence-electron chi connectivity index (χ2n) is 6.46. The van der Waals surface area contributed by atoms with Crippen LogP contribution in [0.25, 0.3) is 22.1 Å². The molecule has 5 heteroatoms. The van der Waals surface area contributed by atoms with Crippen LogP contribution in [0.3, 0.4) is 0 Å². The van der Waals surface area contributed by atoms with Crippen molar-refractivity contribution in [3.8, 4) is 16.5 Å². The minimum absolute atomic E-state index is 0.343. The molecule has 0 spiro atoms. The molecule has 0 unspecified atom stereocenters. The molecule has 29 heavy (non-hydrogen) atoms. The molecule has 1 aromatic carbocycles. The van der Waals surface area contributed by atoms with E-state index in [9.17, 15) is 10.1 Å². The molecule has 0 aliphatic carbocycles. The van der Waals surface area contributed by atoms with Gasteiger partial charge in [-0.05, 0) is 54.0 Å². The Bertz CT molecular complexity index is 1070. The number of allylic oxidation sites excluding steroid dienone is 1. The van der Waals surface area contributed by atoms with Crippen LogP contribution in [0.1, 0.15) is 22.9 Å². The van der Waals surface area contributed by atoms with Gasteiger partial charge in [-0.25, -0.2) is 4.79 Å². The number of hydrogen-bond acceptors (Lipinski definition) is 5. The number of aromatic nitrogens is 1. The first-order valence-corrected chi connectivity index (χ1v) is 9.92. The lowest BCUT2D eigenvalue weighted by Crippen LogP contribution is -2.07. The highest BCUT2D eigenvalue weighted by atomic mass is 32.1. The molecule has 0 atom stereocenters. The Balaban J connectivity index is 1.68. The highest BCUT2D eigenvalue weighted by molar-refractivity contribution is 7.15. The quantitative estimate of drug-likeness (QED) is 0.297. The number of esters is 1. The summed E-state index contributed by atoms with van der Waals surface area (Å²) in [6.07, 6.45) is 5.94. The van der Waals surface area contributed by atoms with Gasteiger partial charge in [0.25, 0.3) is 0 Å². The number of ether oxygens (including phenoxy) is 1. The number of nitrogens with zero attached hydrogens (tertiary/aromatic N) is 2. The average Bonchev–Trinajstić information content (AvgIpc) is 3.21.